The van der Waals surface area contributed by atoms with Crippen LogP contribution in [0.15, 0.2) is 30.3 Å². The molecule has 0 bridgehead atoms. The topological polar surface area (TPSA) is 72.8 Å². The van der Waals surface area contributed by atoms with Crippen LogP contribution in [-0.4, -0.2) is 40.0 Å². The fourth-order valence-corrected chi connectivity index (χ4v) is 2.21. The molecular formula is C11H16O5S. The van der Waals surface area contributed by atoms with E-state index in [0.717, 1.165) is 0 Å². The first kappa shape index (κ1) is 14.1. The van der Waals surface area contributed by atoms with E-state index in [1.807, 2.05) is 6.07 Å². The number of benzene rings is 1. The Bertz CT molecular complexity index is 401. The van der Waals surface area contributed by atoms with Crippen molar-refractivity contribution in [1.29, 1.82) is 0 Å². The minimum absolute atomic E-state index is 0.0326. The molecule has 0 saturated carbocycles. The molecule has 0 atom stereocenters. The van der Waals surface area contributed by atoms with Crippen LogP contribution in [0.1, 0.15) is 5.56 Å². The number of aliphatic hydroxyl groups excluding tert-OH is 1. The molecule has 0 fully saturated rings. The number of hydrogen-bond acceptors (Lipinski definition) is 5. The normalized spacial score (nSPS) is 11.6. The van der Waals surface area contributed by atoms with E-state index in [9.17, 15) is 8.42 Å². The summed E-state index contributed by atoms with van der Waals surface area (Å²) in [6, 6.07) is 8.82. The van der Waals surface area contributed by atoms with E-state index in [0.29, 0.717) is 5.56 Å². The molecule has 0 aliphatic carbocycles. The third kappa shape index (κ3) is 6.38. The van der Waals surface area contributed by atoms with Crippen molar-refractivity contribution >= 4 is 10.1 Å². The molecule has 0 aliphatic rings. The van der Waals surface area contributed by atoms with Gasteiger partial charge in [0.05, 0.1) is 26.4 Å². The predicted octanol–water partition coefficient (Wildman–Crippen LogP) is 0.542. The Morgan fingerprint density at radius 1 is 1.06 bits per heavy atom. The zero-order valence-corrected chi connectivity index (χ0v) is 10.2. The maximum Gasteiger partial charge on any atom is 0.271 e. The zero-order valence-electron chi connectivity index (χ0n) is 9.41. The lowest BCUT2D eigenvalue weighted by Crippen LogP contribution is -2.14. The first-order valence-electron chi connectivity index (χ1n) is 5.24. The smallest absolute Gasteiger partial charge is 0.271 e. The SMILES string of the molecule is O=S(=O)(Cc1ccccc1)OCCOCCO. The van der Waals surface area contributed by atoms with E-state index in [4.69, 9.17) is 14.0 Å². The van der Waals surface area contributed by atoms with Crippen LogP contribution in [0.25, 0.3) is 0 Å². The van der Waals surface area contributed by atoms with Crippen LogP contribution < -0.4 is 0 Å². The molecule has 96 valence electrons. The summed E-state index contributed by atoms with van der Waals surface area (Å²) >= 11 is 0. The molecule has 1 aromatic carbocycles. The first-order chi connectivity index (χ1) is 8.14. The minimum Gasteiger partial charge on any atom is -0.394 e. The number of aliphatic hydroxyl groups is 1. The van der Waals surface area contributed by atoms with Gasteiger partial charge in [0, 0.05) is 0 Å². The highest BCUT2D eigenvalue weighted by molar-refractivity contribution is 7.85. The Kier molecular flexibility index (Phi) is 6.13. The van der Waals surface area contributed by atoms with Crippen molar-refractivity contribution < 1.29 is 22.4 Å². The first-order valence-corrected chi connectivity index (χ1v) is 6.81. The number of ether oxygens (including phenoxy) is 1. The number of hydrogen-bond donors (Lipinski definition) is 1. The fourth-order valence-electron chi connectivity index (χ4n) is 1.21. The van der Waals surface area contributed by atoms with Gasteiger partial charge in [0.15, 0.2) is 0 Å². The lowest BCUT2D eigenvalue weighted by Gasteiger charge is -2.06. The average molecular weight is 260 g/mol. The molecule has 0 unspecified atom stereocenters. The second kappa shape index (κ2) is 7.39. The van der Waals surface area contributed by atoms with E-state index in [1.54, 1.807) is 24.3 Å². The van der Waals surface area contributed by atoms with Crippen LogP contribution in [-0.2, 0) is 24.8 Å². The highest BCUT2D eigenvalue weighted by atomic mass is 32.2. The maximum atomic E-state index is 11.5. The van der Waals surface area contributed by atoms with Gasteiger partial charge in [-0.25, -0.2) is 0 Å². The fraction of sp³-hybridized carbons (Fsp3) is 0.455. The molecule has 0 spiro atoms. The van der Waals surface area contributed by atoms with Crippen molar-refractivity contribution in [2.75, 3.05) is 26.4 Å². The molecule has 0 aliphatic heterocycles. The van der Waals surface area contributed by atoms with Crippen LogP contribution >= 0.6 is 0 Å². The minimum atomic E-state index is -3.56. The Balaban J connectivity index is 2.32. The highest BCUT2D eigenvalue weighted by Gasteiger charge is 2.11. The van der Waals surface area contributed by atoms with Gasteiger partial charge in [-0.15, -0.1) is 0 Å². The van der Waals surface area contributed by atoms with Gasteiger partial charge in [-0.2, -0.15) is 8.42 Å². The van der Waals surface area contributed by atoms with Gasteiger partial charge in [-0.05, 0) is 5.56 Å². The van der Waals surface area contributed by atoms with Crippen molar-refractivity contribution in [2.24, 2.45) is 0 Å². The number of rotatable bonds is 8. The molecule has 0 radical (unpaired) electrons. The van der Waals surface area contributed by atoms with Crippen molar-refractivity contribution in [3.8, 4) is 0 Å². The standard InChI is InChI=1S/C11H16O5S/c12-6-7-15-8-9-16-17(13,14)10-11-4-2-1-3-5-11/h1-5,12H,6-10H2. The Morgan fingerprint density at radius 3 is 2.41 bits per heavy atom. The van der Waals surface area contributed by atoms with E-state index >= 15 is 0 Å². The zero-order chi connectivity index (χ0) is 12.6. The van der Waals surface area contributed by atoms with Crippen LogP contribution in [0.5, 0.6) is 0 Å². The summed E-state index contributed by atoms with van der Waals surface area (Å²) in [4.78, 5) is 0. The van der Waals surface area contributed by atoms with Crippen molar-refractivity contribution in [2.45, 2.75) is 5.75 Å². The van der Waals surface area contributed by atoms with Gasteiger partial charge in [0.1, 0.15) is 5.75 Å². The third-order valence-electron chi connectivity index (χ3n) is 1.91. The monoisotopic (exact) mass is 260 g/mol. The molecule has 0 aromatic heterocycles. The van der Waals surface area contributed by atoms with Gasteiger partial charge in [0.25, 0.3) is 10.1 Å². The molecule has 6 heteroatoms. The summed E-state index contributed by atoms with van der Waals surface area (Å²) in [5, 5.41) is 8.44. The molecule has 1 N–H and O–H groups in total. The van der Waals surface area contributed by atoms with E-state index in [2.05, 4.69) is 0 Å². The van der Waals surface area contributed by atoms with Crippen molar-refractivity contribution in [3.63, 3.8) is 0 Å². The summed E-state index contributed by atoms with van der Waals surface area (Å²) in [6.45, 7) is 0.211. The van der Waals surface area contributed by atoms with Gasteiger partial charge in [-0.3, -0.25) is 4.18 Å². The quantitative estimate of drug-likeness (QED) is 0.545. The molecule has 1 rings (SSSR count). The summed E-state index contributed by atoms with van der Waals surface area (Å²) in [7, 11) is -3.56. The van der Waals surface area contributed by atoms with Crippen LogP contribution in [0, 0.1) is 0 Å². The Morgan fingerprint density at radius 2 is 1.76 bits per heavy atom. The highest BCUT2D eigenvalue weighted by Crippen LogP contribution is 2.06. The largest absolute Gasteiger partial charge is 0.394 e. The van der Waals surface area contributed by atoms with Gasteiger partial charge in [0.2, 0.25) is 0 Å². The molecule has 0 saturated heterocycles. The van der Waals surface area contributed by atoms with Gasteiger partial charge in [-0.1, -0.05) is 30.3 Å². The molecular weight excluding hydrogens is 244 g/mol. The summed E-state index contributed by atoms with van der Waals surface area (Å²) < 4.78 is 32.6. The molecule has 0 heterocycles. The van der Waals surface area contributed by atoms with Crippen molar-refractivity contribution in [1.82, 2.24) is 0 Å². The van der Waals surface area contributed by atoms with E-state index in [1.165, 1.54) is 0 Å². The third-order valence-corrected chi connectivity index (χ3v) is 3.13. The Hall–Kier alpha value is -0.950. The van der Waals surface area contributed by atoms with Crippen LogP contribution in [0.4, 0.5) is 0 Å². The van der Waals surface area contributed by atoms with Crippen LogP contribution in [0.2, 0.25) is 0 Å². The molecule has 0 amide bonds. The second-order valence-corrected chi connectivity index (χ2v) is 4.99. The summed E-state index contributed by atoms with van der Waals surface area (Å²) in [5.41, 5.74) is 0.684. The lowest BCUT2D eigenvalue weighted by atomic mass is 10.2. The lowest BCUT2D eigenvalue weighted by molar-refractivity contribution is 0.0718. The van der Waals surface area contributed by atoms with E-state index in [-0.39, 0.29) is 32.2 Å². The van der Waals surface area contributed by atoms with Gasteiger partial charge >= 0.3 is 0 Å². The molecule has 1 aromatic rings. The van der Waals surface area contributed by atoms with Crippen molar-refractivity contribution in [3.05, 3.63) is 35.9 Å². The predicted molar refractivity (Wildman–Crippen MR) is 62.9 cm³/mol. The van der Waals surface area contributed by atoms with Crippen LogP contribution in [0.3, 0.4) is 0 Å². The Labute approximate surface area is 101 Å². The van der Waals surface area contributed by atoms with E-state index < -0.39 is 10.1 Å². The average Bonchev–Trinajstić information content (AvgIpc) is 2.29. The second-order valence-electron chi connectivity index (χ2n) is 3.35. The maximum absolute atomic E-state index is 11.5. The summed E-state index contributed by atoms with van der Waals surface area (Å²) in [6.07, 6.45) is 0. The molecule has 5 nitrogen and oxygen atoms in total. The van der Waals surface area contributed by atoms with Gasteiger partial charge < -0.3 is 9.84 Å². The summed E-state index contributed by atoms with van der Waals surface area (Å²) in [5.74, 6) is -0.145. The molecule has 17 heavy (non-hydrogen) atoms.